The molecule has 1 aliphatic rings. The van der Waals surface area contributed by atoms with Gasteiger partial charge in [-0.2, -0.15) is 9.97 Å². The summed E-state index contributed by atoms with van der Waals surface area (Å²) in [5.41, 5.74) is 0. The summed E-state index contributed by atoms with van der Waals surface area (Å²) in [6, 6.07) is 0.583. The second-order valence-electron chi connectivity index (χ2n) is 5.27. The van der Waals surface area contributed by atoms with Crippen LogP contribution in [0.4, 0.5) is 5.95 Å². The molecular formula is C14H25N5O2. The highest BCUT2D eigenvalue weighted by Gasteiger charge is 2.20. The highest BCUT2D eigenvalue weighted by atomic mass is 16.5. The van der Waals surface area contributed by atoms with E-state index in [1.807, 2.05) is 0 Å². The molecule has 1 atom stereocenters. The lowest BCUT2D eigenvalue weighted by Crippen LogP contribution is -2.39. The van der Waals surface area contributed by atoms with Gasteiger partial charge in [0.15, 0.2) is 0 Å². The summed E-state index contributed by atoms with van der Waals surface area (Å²) < 4.78 is 10.3. The number of anilines is 1. The molecule has 0 aliphatic carbocycles. The lowest BCUT2D eigenvalue weighted by molar-refractivity contribution is 0.337. The molecule has 1 saturated heterocycles. The Balaban J connectivity index is 2.15. The number of aromatic nitrogens is 3. The van der Waals surface area contributed by atoms with Gasteiger partial charge in [-0.05, 0) is 38.3 Å². The van der Waals surface area contributed by atoms with Gasteiger partial charge in [0, 0.05) is 13.1 Å². The minimum Gasteiger partial charge on any atom is -0.467 e. The summed E-state index contributed by atoms with van der Waals surface area (Å²) >= 11 is 0. The highest BCUT2D eigenvalue weighted by Crippen LogP contribution is 2.19. The zero-order valence-corrected chi connectivity index (χ0v) is 13.1. The Kier molecular flexibility index (Phi) is 5.98. The SMILES string of the molecule is CCCN(CC1CCCNC1)c1nc(OC)nc(OC)n1. The lowest BCUT2D eigenvalue weighted by Gasteiger charge is -2.30. The normalized spacial score (nSPS) is 18.3. The maximum atomic E-state index is 5.13. The average Bonchev–Trinajstić information content (AvgIpc) is 2.55. The van der Waals surface area contributed by atoms with E-state index >= 15 is 0 Å². The van der Waals surface area contributed by atoms with Crippen LogP contribution in [0.1, 0.15) is 26.2 Å². The Labute approximate surface area is 126 Å². The predicted octanol–water partition coefficient (Wildman–Crippen LogP) is 1.10. The molecule has 2 heterocycles. The van der Waals surface area contributed by atoms with Crippen molar-refractivity contribution in [2.45, 2.75) is 26.2 Å². The van der Waals surface area contributed by atoms with Crippen LogP contribution >= 0.6 is 0 Å². The van der Waals surface area contributed by atoms with Gasteiger partial charge < -0.3 is 19.7 Å². The summed E-state index contributed by atoms with van der Waals surface area (Å²) in [6.45, 7) is 6.18. The van der Waals surface area contributed by atoms with Crippen molar-refractivity contribution in [1.29, 1.82) is 0 Å². The molecule has 1 aromatic heterocycles. The van der Waals surface area contributed by atoms with Gasteiger partial charge >= 0.3 is 12.0 Å². The first-order valence-electron chi connectivity index (χ1n) is 7.56. The molecule has 2 rings (SSSR count). The standard InChI is InChI=1S/C14H25N5O2/c1-4-8-19(10-11-6-5-7-15-9-11)12-16-13(20-2)18-14(17-12)21-3/h11,15H,4-10H2,1-3H3. The van der Waals surface area contributed by atoms with Gasteiger partial charge in [0.05, 0.1) is 14.2 Å². The van der Waals surface area contributed by atoms with Crippen LogP contribution in [0.3, 0.4) is 0 Å². The fraction of sp³-hybridized carbons (Fsp3) is 0.786. The molecule has 7 nitrogen and oxygen atoms in total. The molecule has 0 bridgehead atoms. The smallest absolute Gasteiger partial charge is 0.324 e. The fourth-order valence-electron chi connectivity index (χ4n) is 2.59. The molecule has 0 amide bonds. The third-order valence-electron chi connectivity index (χ3n) is 3.60. The second-order valence-corrected chi connectivity index (χ2v) is 5.27. The molecule has 0 aromatic carbocycles. The molecule has 0 spiro atoms. The molecule has 1 aliphatic heterocycles. The summed E-state index contributed by atoms with van der Waals surface area (Å²) in [5, 5.41) is 3.45. The molecule has 0 saturated carbocycles. The predicted molar refractivity (Wildman–Crippen MR) is 81.0 cm³/mol. The van der Waals surface area contributed by atoms with E-state index in [9.17, 15) is 0 Å². The molecule has 1 N–H and O–H groups in total. The summed E-state index contributed by atoms with van der Waals surface area (Å²) in [6.07, 6.45) is 3.51. The molecule has 118 valence electrons. The number of nitrogens with zero attached hydrogens (tertiary/aromatic N) is 4. The van der Waals surface area contributed by atoms with E-state index < -0.39 is 0 Å². The van der Waals surface area contributed by atoms with Crippen molar-refractivity contribution < 1.29 is 9.47 Å². The van der Waals surface area contributed by atoms with E-state index in [1.54, 1.807) is 14.2 Å². The molecule has 7 heteroatoms. The van der Waals surface area contributed by atoms with Crippen LogP contribution in [0.5, 0.6) is 12.0 Å². The van der Waals surface area contributed by atoms with Gasteiger partial charge in [-0.1, -0.05) is 6.92 Å². The number of rotatable bonds is 7. The second kappa shape index (κ2) is 7.97. The van der Waals surface area contributed by atoms with Gasteiger partial charge in [-0.15, -0.1) is 4.98 Å². The van der Waals surface area contributed by atoms with E-state index in [0.29, 0.717) is 23.9 Å². The van der Waals surface area contributed by atoms with Gasteiger partial charge in [0.2, 0.25) is 5.95 Å². The van der Waals surface area contributed by atoms with Crippen molar-refractivity contribution in [3.8, 4) is 12.0 Å². The van der Waals surface area contributed by atoms with E-state index in [0.717, 1.165) is 32.6 Å². The lowest BCUT2D eigenvalue weighted by atomic mass is 9.99. The molecular weight excluding hydrogens is 270 g/mol. The van der Waals surface area contributed by atoms with Crippen LogP contribution in [-0.2, 0) is 0 Å². The highest BCUT2D eigenvalue weighted by molar-refractivity contribution is 5.32. The zero-order valence-electron chi connectivity index (χ0n) is 13.1. The van der Waals surface area contributed by atoms with Crippen molar-refractivity contribution in [2.75, 3.05) is 45.3 Å². The molecule has 1 fully saturated rings. The first-order chi connectivity index (χ1) is 10.3. The molecule has 1 aromatic rings. The molecule has 21 heavy (non-hydrogen) atoms. The largest absolute Gasteiger partial charge is 0.467 e. The van der Waals surface area contributed by atoms with Crippen LogP contribution in [0.2, 0.25) is 0 Å². The maximum Gasteiger partial charge on any atom is 0.324 e. The number of nitrogens with one attached hydrogen (secondary N) is 1. The van der Waals surface area contributed by atoms with E-state index in [-0.39, 0.29) is 0 Å². The summed E-state index contributed by atoms with van der Waals surface area (Å²) in [5.74, 6) is 1.25. The quantitative estimate of drug-likeness (QED) is 0.807. The number of piperidine rings is 1. The van der Waals surface area contributed by atoms with Crippen molar-refractivity contribution in [1.82, 2.24) is 20.3 Å². The van der Waals surface area contributed by atoms with E-state index in [2.05, 4.69) is 32.1 Å². The summed E-state index contributed by atoms with van der Waals surface area (Å²) in [4.78, 5) is 15.0. The Morgan fingerprint density at radius 2 is 1.90 bits per heavy atom. The van der Waals surface area contributed by atoms with Crippen molar-refractivity contribution in [3.05, 3.63) is 0 Å². The van der Waals surface area contributed by atoms with Gasteiger partial charge in [0.1, 0.15) is 0 Å². The van der Waals surface area contributed by atoms with E-state index in [4.69, 9.17) is 9.47 Å². The minimum absolute atomic E-state index is 0.291. The van der Waals surface area contributed by atoms with Crippen LogP contribution < -0.4 is 19.7 Å². The number of methoxy groups -OCH3 is 2. The number of ether oxygens (including phenoxy) is 2. The Morgan fingerprint density at radius 1 is 1.19 bits per heavy atom. The Morgan fingerprint density at radius 3 is 2.43 bits per heavy atom. The van der Waals surface area contributed by atoms with Crippen LogP contribution in [0.15, 0.2) is 0 Å². The Hall–Kier alpha value is -1.63. The van der Waals surface area contributed by atoms with Crippen molar-refractivity contribution >= 4 is 5.95 Å². The molecule has 0 radical (unpaired) electrons. The van der Waals surface area contributed by atoms with Crippen LogP contribution in [-0.4, -0.2) is 55.4 Å². The summed E-state index contributed by atoms with van der Waals surface area (Å²) in [7, 11) is 3.10. The first-order valence-corrected chi connectivity index (χ1v) is 7.56. The average molecular weight is 295 g/mol. The Bertz CT molecular complexity index is 415. The third kappa shape index (κ3) is 4.42. The molecule has 1 unspecified atom stereocenters. The third-order valence-corrected chi connectivity index (χ3v) is 3.60. The van der Waals surface area contributed by atoms with Crippen molar-refractivity contribution in [2.24, 2.45) is 5.92 Å². The topological polar surface area (TPSA) is 72.4 Å². The zero-order chi connectivity index (χ0) is 15.1. The first kappa shape index (κ1) is 15.8. The number of hydrogen-bond donors (Lipinski definition) is 1. The van der Waals surface area contributed by atoms with Crippen LogP contribution in [0.25, 0.3) is 0 Å². The minimum atomic E-state index is 0.291. The van der Waals surface area contributed by atoms with Crippen LogP contribution in [0, 0.1) is 5.92 Å². The maximum absolute atomic E-state index is 5.13. The van der Waals surface area contributed by atoms with Gasteiger partial charge in [-0.3, -0.25) is 0 Å². The van der Waals surface area contributed by atoms with E-state index in [1.165, 1.54) is 12.8 Å². The fourth-order valence-corrected chi connectivity index (χ4v) is 2.59. The van der Waals surface area contributed by atoms with Crippen molar-refractivity contribution in [3.63, 3.8) is 0 Å². The monoisotopic (exact) mass is 295 g/mol. The number of hydrogen-bond acceptors (Lipinski definition) is 7. The van der Waals surface area contributed by atoms with Gasteiger partial charge in [0.25, 0.3) is 0 Å². The van der Waals surface area contributed by atoms with Gasteiger partial charge in [-0.25, -0.2) is 0 Å².